The molecule has 2 rings (SSSR count). The Balaban J connectivity index is 2.19. The average Bonchev–Trinajstić information content (AvgIpc) is 2.34. The number of aliphatic hydroxyl groups is 1. The highest BCUT2D eigenvalue weighted by Gasteiger charge is 2.29. The van der Waals surface area contributed by atoms with Gasteiger partial charge in [0.25, 0.3) is 5.91 Å². The number of benzene rings is 1. The molecule has 5 heteroatoms. The number of hydrogen-bond donors (Lipinski definition) is 1. The van der Waals surface area contributed by atoms with Gasteiger partial charge in [-0.3, -0.25) is 4.79 Å². The summed E-state index contributed by atoms with van der Waals surface area (Å²) < 4.78 is 0. The van der Waals surface area contributed by atoms with E-state index in [1.807, 2.05) is 4.90 Å². The lowest BCUT2D eigenvalue weighted by molar-refractivity contribution is 0.0562. The summed E-state index contributed by atoms with van der Waals surface area (Å²) in [5.74, 6) is -0.0920. The van der Waals surface area contributed by atoms with Crippen LogP contribution in [0.1, 0.15) is 36.0 Å². The van der Waals surface area contributed by atoms with Gasteiger partial charge in [-0.25, -0.2) is 0 Å². The van der Waals surface area contributed by atoms with Crippen LogP contribution in [0.15, 0.2) is 18.2 Å². The summed E-state index contributed by atoms with van der Waals surface area (Å²) in [4.78, 5) is 14.4. The van der Waals surface area contributed by atoms with E-state index >= 15 is 0 Å². The summed E-state index contributed by atoms with van der Waals surface area (Å²) >= 11 is 12.0. The van der Waals surface area contributed by atoms with E-state index in [0.717, 1.165) is 19.3 Å². The molecule has 3 nitrogen and oxygen atoms in total. The van der Waals surface area contributed by atoms with Gasteiger partial charge in [0.2, 0.25) is 0 Å². The first kappa shape index (κ1) is 14.6. The zero-order valence-electron chi connectivity index (χ0n) is 10.6. The molecule has 1 aromatic rings. The van der Waals surface area contributed by atoms with Crippen LogP contribution >= 0.6 is 23.2 Å². The second-order valence-electron chi connectivity index (χ2n) is 4.78. The second kappa shape index (κ2) is 6.60. The van der Waals surface area contributed by atoms with Crippen LogP contribution in [-0.2, 0) is 0 Å². The van der Waals surface area contributed by atoms with Gasteiger partial charge in [0.05, 0.1) is 10.6 Å². The molecule has 104 valence electrons. The minimum absolute atomic E-state index is 0.0831. The van der Waals surface area contributed by atoms with Crippen LogP contribution in [0.25, 0.3) is 0 Å². The van der Waals surface area contributed by atoms with Gasteiger partial charge >= 0.3 is 0 Å². The highest BCUT2D eigenvalue weighted by Crippen LogP contribution is 2.29. The molecule has 0 heterocycles. The standard InChI is InChI=1S/C14H17Cl2NO2/c15-10-5-6-13(16)12(9-10)14(19)17(7-2-8-18)11-3-1-4-11/h5-6,9,11,18H,1-4,7-8H2. The summed E-state index contributed by atoms with van der Waals surface area (Å²) in [5, 5.41) is 9.88. The fourth-order valence-corrected chi connectivity index (χ4v) is 2.58. The van der Waals surface area contributed by atoms with Crippen LogP contribution in [0.4, 0.5) is 0 Å². The molecule has 1 amide bonds. The predicted molar refractivity (Wildman–Crippen MR) is 76.8 cm³/mol. The molecule has 0 radical (unpaired) electrons. The van der Waals surface area contributed by atoms with Gasteiger partial charge in [-0.05, 0) is 43.9 Å². The topological polar surface area (TPSA) is 40.5 Å². The van der Waals surface area contributed by atoms with Gasteiger partial charge in [0, 0.05) is 24.2 Å². The van der Waals surface area contributed by atoms with Crippen molar-refractivity contribution in [3.8, 4) is 0 Å². The van der Waals surface area contributed by atoms with Crippen LogP contribution < -0.4 is 0 Å². The number of rotatable bonds is 5. The number of aliphatic hydroxyl groups excluding tert-OH is 1. The Hall–Kier alpha value is -0.770. The van der Waals surface area contributed by atoms with E-state index in [-0.39, 0.29) is 18.6 Å². The Labute approximate surface area is 123 Å². The number of hydrogen-bond acceptors (Lipinski definition) is 2. The minimum atomic E-state index is -0.0920. The molecule has 0 spiro atoms. The van der Waals surface area contributed by atoms with Gasteiger partial charge < -0.3 is 10.0 Å². The maximum atomic E-state index is 12.6. The lowest BCUT2D eigenvalue weighted by Gasteiger charge is -2.37. The van der Waals surface area contributed by atoms with Gasteiger partial charge in [-0.15, -0.1) is 0 Å². The van der Waals surface area contributed by atoms with Gasteiger partial charge in [0.15, 0.2) is 0 Å². The number of carbonyl (C=O) groups excluding carboxylic acids is 1. The minimum Gasteiger partial charge on any atom is -0.396 e. The molecular weight excluding hydrogens is 285 g/mol. The van der Waals surface area contributed by atoms with Gasteiger partial charge in [-0.2, -0.15) is 0 Å². The van der Waals surface area contributed by atoms with E-state index in [2.05, 4.69) is 0 Å². The van der Waals surface area contributed by atoms with Crippen molar-refractivity contribution in [3.63, 3.8) is 0 Å². The van der Waals surface area contributed by atoms with E-state index in [1.165, 1.54) is 0 Å². The summed E-state index contributed by atoms with van der Waals surface area (Å²) in [6.45, 7) is 0.641. The summed E-state index contributed by atoms with van der Waals surface area (Å²) in [7, 11) is 0. The van der Waals surface area contributed by atoms with E-state index in [0.29, 0.717) is 28.6 Å². The molecular formula is C14H17Cl2NO2. The molecule has 0 aliphatic heterocycles. The van der Waals surface area contributed by atoms with Gasteiger partial charge in [0.1, 0.15) is 0 Å². The number of halogens is 2. The largest absolute Gasteiger partial charge is 0.396 e. The Morgan fingerprint density at radius 1 is 1.37 bits per heavy atom. The molecule has 0 saturated heterocycles. The number of nitrogens with zero attached hydrogens (tertiary/aromatic N) is 1. The van der Waals surface area contributed by atoms with Crippen molar-refractivity contribution in [2.75, 3.05) is 13.2 Å². The Morgan fingerprint density at radius 3 is 2.68 bits per heavy atom. The molecule has 0 atom stereocenters. The summed E-state index contributed by atoms with van der Waals surface area (Å²) in [6.07, 6.45) is 3.78. The second-order valence-corrected chi connectivity index (χ2v) is 5.63. The molecule has 0 aromatic heterocycles. The Kier molecular flexibility index (Phi) is 5.08. The lowest BCUT2D eigenvalue weighted by atomic mass is 9.90. The maximum Gasteiger partial charge on any atom is 0.255 e. The van der Waals surface area contributed by atoms with Crippen LogP contribution in [0.5, 0.6) is 0 Å². The molecule has 1 aromatic carbocycles. The summed E-state index contributed by atoms with van der Waals surface area (Å²) in [6, 6.07) is 5.19. The average molecular weight is 302 g/mol. The smallest absolute Gasteiger partial charge is 0.255 e. The maximum absolute atomic E-state index is 12.6. The van der Waals surface area contributed by atoms with Crippen molar-refractivity contribution in [1.82, 2.24) is 4.90 Å². The molecule has 19 heavy (non-hydrogen) atoms. The number of amides is 1. The molecule has 0 bridgehead atoms. The molecule has 0 unspecified atom stereocenters. The third kappa shape index (κ3) is 3.41. The zero-order valence-corrected chi connectivity index (χ0v) is 12.1. The van der Waals surface area contributed by atoms with E-state index in [4.69, 9.17) is 28.3 Å². The van der Waals surface area contributed by atoms with Crippen LogP contribution in [0, 0.1) is 0 Å². The van der Waals surface area contributed by atoms with Crippen molar-refractivity contribution < 1.29 is 9.90 Å². The monoisotopic (exact) mass is 301 g/mol. The van der Waals surface area contributed by atoms with Crippen LogP contribution in [-0.4, -0.2) is 35.1 Å². The predicted octanol–water partition coefficient (Wildman–Crippen LogP) is 3.37. The highest BCUT2D eigenvalue weighted by atomic mass is 35.5. The SMILES string of the molecule is O=C(c1cc(Cl)ccc1Cl)N(CCCO)C1CCC1. The lowest BCUT2D eigenvalue weighted by Crippen LogP contribution is -2.45. The quantitative estimate of drug-likeness (QED) is 0.906. The van der Waals surface area contributed by atoms with Crippen molar-refractivity contribution >= 4 is 29.1 Å². The normalized spacial score (nSPS) is 15.1. The van der Waals surface area contributed by atoms with Crippen molar-refractivity contribution in [2.45, 2.75) is 31.7 Å². The molecule has 1 aliphatic rings. The molecule has 1 fully saturated rings. The molecule has 1 saturated carbocycles. The van der Waals surface area contributed by atoms with E-state index in [9.17, 15) is 4.79 Å². The van der Waals surface area contributed by atoms with E-state index in [1.54, 1.807) is 18.2 Å². The Morgan fingerprint density at radius 2 is 2.11 bits per heavy atom. The van der Waals surface area contributed by atoms with Crippen molar-refractivity contribution in [1.29, 1.82) is 0 Å². The van der Waals surface area contributed by atoms with Crippen molar-refractivity contribution in [2.24, 2.45) is 0 Å². The third-order valence-electron chi connectivity index (χ3n) is 3.49. The summed E-state index contributed by atoms with van der Waals surface area (Å²) in [5.41, 5.74) is 0.444. The first-order valence-corrected chi connectivity index (χ1v) is 7.26. The fraction of sp³-hybridized carbons (Fsp3) is 0.500. The van der Waals surface area contributed by atoms with Gasteiger partial charge in [-0.1, -0.05) is 23.2 Å². The van der Waals surface area contributed by atoms with Crippen molar-refractivity contribution in [3.05, 3.63) is 33.8 Å². The first-order valence-electron chi connectivity index (χ1n) is 6.50. The van der Waals surface area contributed by atoms with Crippen LogP contribution in [0.3, 0.4) is 0 Å². The first-order chi connectivity index (χ1) is 9.13. The number of carbonyl (C=O) groups is 1. The molecule has 1 aliphatic carbocycles. The zero-order chi connectivity index (χ0) is 13.8. The highest BCUT2D eigenvalue weighted by molar-refractivity contribution is 6.35. The fourth-order valence-electron chi connectivity index (χ4n) is 2.21. The van der Waals surface area contributed by atoms with E-state index < -0.39 is 0 Å². The third-order valence-corrected chi connectivity index (χ3v) is 4.06. The molecule has 1 N–H and O–H groups in total. The Bertz CT molecular complexity index is 461. The van der Waals surface area contributed by atoms with Crippen LogP contribution in [0.2, 0.25) is 10.0 Å².